The minimum Gasteiger partial charge on any atom is -0.370 e. The van der Waals surface area contributed by atoms with Gasteiger partial charge in [-0.05, 0) is 57.8 Å². The van der Waals surface area contributed by atoms with Crippen LogP contribution in [-0.2, 0) is 0 Å². The number of piperidine rings is 1. The van der Waals surface area contributed by atoms with Crippen molar-refractivity contribution in [2.24, 2.45) is 5.92 Å². The second-order valence-corrected chi connectivity index (χ2v) is 6.76. The third kappa shape index (κ3) is 5.42. The Bertz CT molecular complexity index is 740. The van der Waals surface area contributed by atoms with E-state index in [1.807, 2.05) is 44.2 Å². The molecule has 0 spiro atoms. The first-order valence-electron chi connectivity index (χ1n) is 9.03. The van der Waals surface area contributed by atoms with Gasteiger partial charge in [0.25, 0.3) is 0 Å². The van der Waals surface area contributed by atoms with Crippen molar-refractivity contribution >= 4 is 23.5 Å². The monoisotopic (exact) mass is 354 g/mol. The molecule has 1 aliphatic rings. The van der Waals surface area contributed by atoms with E-state index < -0.39 is 0 Å². The predicted molar refractivity (Wildman–Crippen MR) is 105 cm³/mol. The maximum absolute atomic E-state index is 12.2. The van der Waals surface area contributed by atoms with E-state index >= 15 is 0 Å². The van der Waals surface area contributed by atoms with E-state index in [2.05, 4.69) is 31.2 Å². The smallest absolute Gasteiger partial charge is 0.326 e. The minimum atomic E-state index is -0.359. The summed E-state index contributed by atoms with van der Waals surface area (Å²) in [6.07, 6.45) is 2.43. The minimum absolute atomic E-state index is 0.291. The average molecular weight is 354 g/mol. The number of urea groups is 1. The molecule has 0 saturated carbocycles. The molecule has 1 saturated heterocycles. The van der Waals surface area contributed by atoms with Gasteiger partial charge in [0.05, 0.1) is 0 Å². The standard InChI is InChI=1S/C19H26N6O/c1-13-5-7-16(8-6-13)23-19(26)25-18-22-14(2)10-17(24-18)21-12-15-4-3-9-20-11-15/h5-8,10,15,20H,3-4,9,11-12H2,1-2H3,(H3,21,22,23,24,25,26). The number of hydrogen-bond acceptors (Lipinski definition) is 5. The highest BCUT2D eigenvalue weighted by Crippen LogP contribution is 2.14. The van der Waals surface area contributed by atoms with Gasteiger partial charge in [0.1, 0.15) is 5.82 Å². The summed E-state index contributed by atoms with van der Waals surface area (Å²) >= 11 is 0. The van der Waals surface area contributed by atoms with Gasteiger partial charge >= 0.3 is 6.03 Å². The van der Waals surface area contributed by atoms with Gasteiger partial charge in [-0.15, -0.1) is 0 Å². The van der Waals surface area contributed by atoms with Crippen LogP contribution in [0.5, 0.6) is 0 Å². The Kier molecular flexibility index (Phi) is 6.01. The normalized spacial score (nSPS) is 16.8. The molecule has 1 aromatic heterocycles. The lowest BCUT2D eigenvalue weighted by Crippen LogP contribution is -2.33. The number of amides is 2. The topological polar surface area (TPSA) is 91.0 Å². The molecule has 0 radical (unpaired) electrons. The highest BCUT2D eigenvalue weighted by Gasteiger charge is 2.13. The first kappa shape index (κ1) is 18.1. The number of carbonyl (C=O) groups excluding carboxylic acids is 1. The largest absolute Gasteiger partial charge is 0.370 e. The number of rotatable bonds is 5. The average Bonchev–Trinajstić information content (AvgIpc) is 2.62. The lowest BCUT2D eigenvalue weighted by atomic mass is 10.00. The Labute approximate surface area is 154 Å². The molecule has 1 atom stereocenters. The number of anilines is 3. The van der Waals surface area contributed by atoms with Crippen molar-refractivity contribution in [2.75, 3.05) is 35.6 Å². The Morgan fingerprint density at radius 3 is 2.73 bits per heavy atom. The summed E-state index contributed by atoms with van der Waals surface area (Å²) in [4.78, 5) is 20.9. The van der Waals surface area contributed by atoms with Crippen molar-refractivity contribution in [1.82, 2.24) is 15.3 Å². The summed E-state index contributed by atoms with van der Waals surface area (Å²) in [5, 5.41) is 12.3. The van der Waals surface area contributed by atoms with Crippen LogP contribution in [0.25, 0.3) is 0 Å². The lowest BCUT2D eigenvalue weighted by molar-refractivity contribution is 0.262. The predicted octanol–water partition coefficient (Wildman–Crippen LogP) is 3.15. The van der Waals surface area contributed by atoms with Crippen molar-refractivity contribution in [3.8, 4) is 0 Å². The van der Waals surface area contributed by atoms with E-state index in [1.165, 1.54) is 12.8 Å². The number of aryl methyl sites for hydroxylation is 2. The Morgan fingerprint density at radius 1 is 1.19 bits per heavy atom. The second kappa shape index (κ2) is 8.62. The summed E-state index contributed by atoms with van der Waals surface area (Å²) in [7, 11) is 0. The Hall–Kier alpha value is -2.67. The number of nitrogens with one attached hydrogen (secondary N) is 4. The summed E-state index contributed by atoms with van der Waals surface area (Å²) < 4.78 is 0. The Morgan fingerprint density at radius 2 is 2.00 bits per heavy atom. The van der Waals surface area contributed by atoms with Gasteiger partial charge in [-0.25, -0.2) is 9.78 Å². The lowest BCUT2D eigenvalue weighted by Gasteiger charge is -2.23. The number of carbonyl (C=O) groups is 1. The maximum Gasteiger partial charge on any atom is 0.326 e. The fraction of sp³-hybridized carbons (Fsp3) is 0.421. The summed E-state index contributed by atoms with van der Waals surface area (Å²) in [5.74, 6) is 1.62. The molecule has 7 nitrogen and oxygen atoms in total. The van der Waals surface area contributed by atoms with Crippen LogP contribution in [0.15, 0.2) is 30.3 Å². The molecular weight excluding hydrogens is 328 g/mol. The second-order valence-electron chi connectivity index (χ2n) is 6.76. The van der Waals surface area contributed by atoms with Crippen LogP contribution in [0.1, 0.15) is 24.1 Å². The fourth-order valence-electron chi connectivity index (χ4n) is 2.96. The van der Waals surface area contributed by atoms with Gasteiger partial charge in [0, 0.05) is 24.0 Å². The van der Waals surface area contributed by atoms with E-state index in [9.17, 15) is 4.79 Å². The van der Waals surface area contributed by atoms with E-state index in [0.29, 0.717) is 11.9 Å². The van der Waals surface area contributed by atoms with Crippen molar-refractivity contribution in [3.05, 3.63) is 41.6 Å². The van der Waals surface area contributed by atoms with Crippen LogP contribution < -0.4 is 21.3 Å². The molecule has 1 fully saturated rings. The molecule has 0 bridgehead atoms. The quantitative estimate of drug-likeness (QED) is 0.662. The Balaban J connectivity index is 1.57. The summed E-state index contributed by atoms with van der Waals surface area (Å²) in [6.45, 7) is 6.88. The van der Waals surface area contributed by atoms with E-state index in [4.69, 9.17) is 0 Å². The molecule has 2 aromatic rings. The summed E-state index contributed by atoms with van der Waals surface area (Å²) in [5.41, 5.74) is 2.67. The van der Waals surface area contributed by atoms with E-state index in [1.54, 1.807) is 0 Å². The van der Waals surface area contributed by atoms with E-state index in [0.717, 1.165) is 42.4 Å². The van der Waals surface area contributed by atoms with Crippen molar-refractivity contribution in [3.63, 3.8) is 0 Å². The van der Waals surface area contributed by atoms with Crippen LogP contribution in [-0.4, -0.2) is 35.6 Å². The molecule has 1 unspecified atom stereocenters. The van der Waals surface area contributed by atoms with Gasteiger partial charge in [-0.1, -0.05) is 17.7 Å². The number of hydrogen-bond donors (Lipinski definition) is 4. The van der Waals surface area contributed by atoms with Gasteiger partial charge in [0.15, 0.2) is 0 Å². The van der Waals surface area contributed by atoms with Crippen molar-refractivity contribution < 1.29 is 4.79 Å². The van der Waals surface area contributed by atoms with Crippen LogP contribution in [0.4, 0.5) is 22.2 Å². The van der Waals surface area contributed by atoms with Crippen molar-refractivity contribution in [1.29, 1.82) is 0 Å². The van der Waals surface area contributed by atoms with Crippen LogP contribution >= 0.6 is 0 Å². The van der Waals surface area contributed by atoms with Gasteiger partial charge in [0.2, 0.25) is 5.95 Å². The third-order valence-electron chi connectivity index (χ3n) is 4.36. The molecule has 138 valence electrons. The molecule has 0 aliphatic carbocycles. The van der Waals surface area contributed by atoms with Gasteiger partial charge in [-0.2, -0.15) is 4.98 Å². The SMILES string of the molecule is Cc1ccc(NC(=O)Nc2nc(C)cc(NCC3CCCNC3)n2)cc1. The molecule has 2 heterocycles. The summed E-state index contributed by atoms with van der Waals surface area (Å²) in [6, 6.07) is 9.14. The van der Waals surface area contributed by atoms with Crippen LogP contribution in [0.2, 0.25) is 0 Å². The first-order chi connectivity index (χ1) is 12.6. The zero-order valence-electron chi connectivity index (χ0n) is 15.3. The van der Waals surface area contributed by atoms with Crippen LogP contribution in [0.3, 0.4) is 0 Å². The molecule has 2 amide bonds. The third-order valence-corrected chi connectivity index (χ3v) is 4.36. The highest BCUT2D eigenvalue weighted by molar-refractivity contribution is 5.98. The molecule has 4 N–H and O–H groups in total. The fourth-order valence-corrected chi connectivity index (χ4v) is 2.96. The molecule has 1 aromatic carbocycles. The number of nitrogens with zero attached hydrogens (tertiary/aromatic N) is 2. The molecular formula is C19H26N6O. The highest BCUT2D eigenvalue weighted by atomic mass is 16.2. The molecule has 7 heteroatoms. The zero-order chi connectivity index (χ0) is 18.4. The van der Waals surface area contributed by atoms with Gasteiger partial charge in [-0.3, -0.25) is 5.32 Å². The molecule has 1 aliphatic heterocycles. The molecule has 3 rings (SSSR count). The number of benzene rings is 1. The first-order valence-corrected chi connectivity index (χ1v) is 9.03. The maximum atomic E-state index is 12.2. The van der Waals surface area contributed by atoms with Crippen LogP contribution in [0, 0.1) is 19.8 Å². The van der Waals surface area contributed by atoms with Crippen molar-refractivity contribution in [2.45, 2.75) is 26.7 Å². The zero-order valence-corrected chi connectivity index (χ0v) is 15.3. The van der Waals surface area contributed by atoms with E-state index in [-0.39, 0.29) is 6.03 Å². The molecule has 26 heavy (non-hydrogen) atoms. The van der Waals surface area contributed by atoms with Gasteiger partial charge < -0.3 is 16.0 Å². The number of aromatic nitrogens is 2.